The monoisotopic (exact) mass is 554 g/mol. The predicted octanol–water partition coefficient (Wildman–Crippen LogP) is -1.61. The molecule has 2 aromatic heterocycles. The molecule has 2 aliphatic heterocycles. The molecule has 2 amide bonds. The van der Waals surface area contributed by atoms with E-state index < -0.39 is 40.3 Å². The first kappa shape index (κ1) is 25.5. The minimum absolute atomic E-state index is 0.102. The number of carbonyl (C=O) groups is 3. The van der Waals surface area contributed by atoms with Crippen LogP contribution in [0.5, 0.6) is 0 Å². The van der Waals surface area contributed by atoms with Crippen LogP contribution in [-0.4, -0.2) is 83.3 Å². The lowest BCUT2D eigenvalue weighted by Gasteiger charge is -2.49. The van der Waals surface area contributed by atoms with Crippen LogP contribution in [0, 0.1) is 0 Å². The molecule has 2 atom stereocenters. The Bertz CT molecular complexity index is 1430. The summed E-state index contributed by atoms with van der Waals surface area (Å²) < 4.78 is 1.25. The lowest BCUT2D eigenvalue weighted by Crippen LogP contribution is -2.71. The van der Waals surface area contributed by atoms with Crippen molar-refractivity contribution in [1.82, 2.24) is 30.0 Å². The number of aromatic nitrogens is 4. The molecule has 18 heteroatoms. The molecular weight excluding hydrogens is 536 g/mol. The number of H-pyrrole nitrogens is 1. The molecule has 0 aromatic carbocycles. The zero-order valence-corrected chi connectivity index (χ0v) is 21.0. The van der Waals surface area contributed by atoms with Gasteiger partial charge < -0.3 is 21.0 Å². The van der Waals surface area contributed by atoms with Gasteiger partial charge in [-0.1, -0.05) is 16.9 Å². The van der Waals surface area contributed by atoms with E-state index in [0.29, 0.717) is 5.57 Å². The maximum Gasteiger partial charge on any atom is 0.352 e. The summed E-state index contributed by atoms with van der Waals surface area (Å²) in [6.45, 7) is 0. The Morgan fingerprint density at radius 3 is 2.78 bits per heavy atom. The third-order valence-electron chi connectivity index (χ3n) is 5.02. The Balaban J connectivity index is 1.51. The van der Waals surface area contributed by atoms with Crippen molar-refractivity contribution in [3.8, 4) is 0 Å². The van der Waals surface area contributed by atoms with Gasteiger partial charge in [0.1, 0.15) is 29.9 Å². The highest BCUT2D eigenvalue weighted by Crippen LogP contribution is 2.41. The van der Waals surface area contributed by atoms with E-state index in [1.54, 1.807) is 0 Å². The van der Waals surface area contributed by atoms with Crippen LogP contribution >= 0.6 is 34.9 Å². The molecule has 1 fully saturated rings. The lowest BCUT2D eigenvalue weighted by atomic mass is 10.0. The number of carboxylic acid groups (broad SMARTS) is 1. The van der Waals surface area contributed by atoms with Crippen molar-refractivity contribution in [1.29, 1.82) is 0 Å². The molecule has 0 bridgehead atoms. The van der Waals surface area contributed by atoms with Crippen LogP contribution in [-0.2, 0) is 26.3 Å². The number of nitrogens with two attached hydrogens (primary N) is 1. The van der Waals surface area contributed by atoms with Crippen LogP contribution in [0.4, 0.5) is 5.13 Å². The van der Waals surface area contributed by atoms with Gasteiger partial charge in [0.15, 0.2) is 16.0 Å². The van der Waals surface area contributed by atoms with E-state index in [-0.39, 0.29) is 38.9 Å². The highest BCUT2D eigenvalue weighted by molar-refractivity contribution is 8.01. The van der Waals surface area contributed by atoms with E-state index in [0.717, 1.165) is 28.0 Å². The summed E-state index contributed by atoms with van der Waals surface area (Å²) >= 11 is 3.41. The van der Waals surface area contributed by atoms with Gasteiger partial charge in [-0.2, -0.15) is 4.98 Å². The molecule has 1 saturated heterocycles. The zero-order chi connectivity index (χ0) is 26.1. The van der Waals surface area contributed by atoms with Gasteiger partial charge >= 0.3 is 17.1 Å². The predicted molar refractivity (Wildman–Crippen MR) is 131 cm³/mol. The van der Waals surface area contributed by atoms with Crippen molar-refractivity contribution >= 4 is 63.5 Å². The highest BCUT2D eigenvalue weighted by atomic mass is 32.2. The van der Waals surface area contributed by atoms with Crippen molar-refractivity contribution < 1.29 is 24.3 Å². The maximum absolute atomic E-state index is 12.9. The highest BCUT2D eigenvalue weighted by Gasteiger charge is 2.54. The number of aryl methyl sites for hydroxylation is 1. The minimum atomic E-state index is -1.31. The number of thioether (sulfide) groups is 2. The van der Waals surface area contributed by atoms with Crippen LogP contribution in [0.25, 0.3) is 0 Å². The normalized spacial score (nSPS) is 19.6. The van der Waals surface area contributed by atoms with Crippen molar-refractivity contribution in [2.24, 2.45) is 12.2 Å². The summed E-state index contributed by atoms with van der Waals surface area (Å²) in [5.41, 5.74) is 4.00. The summed E-state index contributed by atoms with van der Waals surface area (Å²) in [7, 11) is 2.74. The third kappa shape index (κ3) is 4.73. The summed E-state index contributed by atoms with van der Waals surface area (Å²) in [5.74, 6) is -2.30. The Kier molecular flexibility index (Phi) is 7.18. The SMILES string of the molecule is CO/N=C(/C(=O)N[C@H]1C(=O)N2C(C(=O)O)=C(CSc3nc(=O)c(=O)[nH]n3C)CS[C@@H]12)c1csc(N)n1. The summed E-state index contributed by atoms with van der Waals surface area (Å²) in [5, 5.41) is 19.6. The molecule has 2 aliphatic rings. The number of nitrogens with one attached hydrogen (secondary N) is 2. The van der Waals surface area contributed by atoms with E-state index in [1.807, 2.05) is 0 Å². The molecule has 15 nitrogen and oxygen atoms in total. The van der Waals surface area contributed by atoms with Gasteiger partial charge in [-0.15, -0.1) is 23.1 Å². The van der Waals surface area contributed by atoms with Crippen LogP contribution < -0.4 is 22.2 Å². The number of amides is 2. The molecule has 5 N–H and O–H groups in total. The number of aromatic amines is 1. The number of thiazole rings is 1. The number of aliphatic carboxylic acids is 1. The van der Waals surface area contributed by atoms with Crippen LogP contribution in [0.2, 0.25) is 0 Å². The Hall–Kier alpha value is -3.64. The fourth-order valence-corrected chi connectivity index (χ4v) is 6.39. The van der Waals surface area contributed by atoms with Crippen molar-refractivity contribution in [2.45, 2.75) is 16.6 Å². The van der Waals surface area contributed by atoms with E-state index in [9.17, 15) is 29.1 Å². The number of fused-ring (bicyclic) bond motifs is 1. The quantitative estimate of drug-likeness (QED) is 0.0953. The van der Waals surface area contributed by atoms with Crippen molar-refractivity contribution in [3.05, 3.63) is 43.1 Å². The van der Waals surface area contributed by atoms with Crippen LogP contribution in [0.3, 0.4) is 0 Å². The first-order valence-electron chi connectivity index (χ1n) is 9.96. The lowest BCUT2D eigenvalue weighted by molar-refractivity contribution is -0.150. The summed E-state index contributed by atoms with van der Waals surface area (Å²) in [6.07, 6.45) is 0. The molecule has 190 valence electrons. The number of nitrogens with zero attached hydrogens (tertiary/aromatic N) is 5. The van der Waals surface area contributed by atoms with Gasteiger partial charge in [-0.25, -0.2) is 9.78 Å². The third-order valence-corrected chi connectivity index (χ3v) is 8.15. The molecular formula is C18H18N8O7S3. The molecule has 4 heterocycles. The second-order valence-electron chi connectivity index (χ2n) is 7.30. The molecule has 0 saturated carbocycles. The molecule has 4 rings (SSSR count). The van der Waals surface area contributed by atoms with Gasteiger partial charge in [0.25, 0.3) is 11.8 Å². The topological polar surface area (TPSA) is 215 Å². The van der Waals surface area contributed by atoms with Gasteiger partial charge in [-0.05, 0) is 5.57 Å². The Morgan fingerprint density at radius 1 is 1.39 bits per heavy atom. The number of oxime groups is 1. The summed E-state index contributed by atoms with van der Waals surface area (Å²) in [4.78, 5) is 74.3. The first-order valence-corrected chi connectivity index (χ1v) is 12.9. The second-order valence-corrected chi connectivity index (χ2v) is 10.2. The number of rotatable bonds is 8. The maximum atomic E-state index is 12.9. The number of hydrogen-bond acceptors (Lipinski definition) is 13. The number of carbonyl (C=O) groups excluding carboxylic acids is 2. The van der Waals surface area contributed by atoms with Gasteiger partial charge in [0.05, 0.1) is 0 Å². The second kappa shape index (κ2) is 10.2. The first-order chi connectivity index (χ1) is 17.1. The smallest absolute Gasteiger partial charge is 0.352 e. The average molecular weight is 555 g/mol. The number of nitrogen functional groups attached to an aromatic ring is 1. The molecule has 36 heavy (non-hydrogen) atoms. The standard InChI is InChI=1S/C18H18N8O7S3/c1-25-18(22-12(28)13(29)23-25)36-4-6-3-34-15-9(14(30)26(15)10(6)16(31)32)21-11(27)8(24-33-2)7-5-35-17(19)20-7/h5,9,15H,3-4H2,1-2H3,(H2,19,20)(H,21,27)(H,23,29)(H,31,32)/b24-8+/t9-,15-/m0/s1. The van der Waals surface area contributed by atoms with Crippen molar-refractivity contribution in [3.63, 3.8) is 0 Å². The van der Waals surface area contributed by atoms with Crippen LogP contribution in [0.15, 0.2) is 36.6 Å². The van der Waals surface area contributed by atoms with Gasteiger partial charge in [-0.3, -0.25) is 33.9 Å². The number of carboxylic acids is 1. The number of hydrogen-bond donors (Lipinski definition) is 4. The zero-order valence-electron chi connectivity index (χ0n) is 18.6. The number of anilines is 1. The fraction of sp³-hybridized carbons (Fsp3) is 0.333. The fourth-order valence-electron chi connectivity index (χ4n) is 3.44. The van der Waals surface area contributed by atoms with E-state index in [2.05, 4.69) is 25.5 Å². The van der Waals surface area contributed by atoms with Gasteiger partial charge in [0.2, 0.25) is 0 Å². The minimum Gasteiger partial charge on any atom is -0.477 e. The largest absolute Gasteiger partial charge is 0.477 e. The molecule has 2 aromatic rings. The summed E-state index contributed by atoms with van der Waals surface area (Å²) in [6, 6.07) is -0.995. The Labute approximate surface area is 213 Å². The molecule has 0 unspecified atom stereocenters. The Morgan fingerprint density at radius 2 is 2.14 bits per heavy atom. The van der Waals surface area contributed by atoms with E-state index in [1.165, 1.54) is 36.0 Å². The average Bonchev–Trinajstić information content (AvgIpc) is 3.27. The van der Waals surface area contributed by atoms with E-state index in [4.69, 9.17) is 10.6 Å². The van der Waals surface area contributed by atoms with Crippen LogP contribution in [0.1, 0.15) is 5.69 Å². The van der Waals surface area contributed by atoms with E-state index >= 15 is 0 Å². The van der Waals surface area contributed by atoms with Crippen molar-refractivity contribution in [2.75, 3.05) is 24.3 Å². The van der Waals surface area contributed by atoms with Gasteiger partial charge in [0, 0.05) is 23.9 Å². The number of β-lactam (4-membered cyclic amide) rings is 1. The molecule has 0 radical (unpaired) electrons. The molecule has 0 spiro atoms. The molecule has 0 aliphatic carbocycles.